The second kappa shape index (κ2) is 8.91. The molecule has 1 aromatic rings. The second-order valence-electron chi connectivity index (χ2n) is 4.58. The number of hydrogen-bond acceptors (Lipinski definition) is 4. The molecule has 1 heterocycles. The van der Waals surface area contributed by atoms with Crippen LogP contribution in [0.25, 0.3) is 0 Å². The Hall–Kier alpha value is -2.15. The summed E-state index contributed by atoms with van der Waals surface area (Å²) in [6.45, 7) is 7.47. The van der Waals surface area contributed by atoms with Crippen molar-refractivity contribution < 1.29 is 14.7 Å². The number of urea groups is 1. The van der Waals surface area contributed by atoms with Gasteiger partial charge in [0.15, 0.2) is 0 Å². The quantitative estimate of drug-likeness (QED) is 0.677. The van der Waals surface area contributed by atoms with E-state index in [9.17, 15) is 9.59 Å². The molecule has 0 saturated carbocycles. The van der Waals surface area contributed by atoms with E-state index in [-0.39, 0.29) is 11.6 Å². The summed E-state index contributed by atoms with van der Waals surface area (Å²) in [5.74, 6) is -1.08. The summed E-state index contributed by atoms with van der Waals surface area (Å²) in [7, 11) is 0. The fourth-order valence-electron chi connectivity index (χ4n) is 1.87. The second-order valence-corrected chi connectivity index (χ2v) is 4.58. The van der Waals surface area contributed by atoms with Gasteiger partial charge in [0.1, 0.15) is 0 Å². The third kappa shape index (κ3) is 6.22. The highest BCUT2D eigenvalue weighted by molar-refractivity contribution is 5.92. The van der Waals surface area contributed by atoms with E-state index in [2.05, 4.69) is 34.4 Å². The molecular weight excluding hydrogens is 272 g/mol. The van der Waals surface area contributed by atoms with Crippen LogP contribution in [0.5, 0.6) is 0 Å². The van der Waals surface area contributed by atoms with Crippen molar-refractivity contribution in [1.29, 1.82) is 0 Å². The minimum Gasteiger partial charge on any atom is -0.478 e. The first kappa shape index (κ1) is 16.9. The van der Waals surface area contributed by atoms with Gasteiger partial charge in [-0.1, -0.05) is 13.8 Å². The summed E-state index contributed by atoms with van der Waals surface area (Å²) in [6.07, 6.45) is 3.71. The summed E-state index contributed by atoms with van der Waals surface area (Å²) in [5, 5.41) is 14.2. The Kier molecular flexibility index (Phi) is 7.17. The van der Waals surface area contributed by atoms with Crippen molar-refractivity contribution in [2.24, 2.45) is 0 Å². The van der Waals surface area contributed by atoms with Gasteiger partial charge in [-0.3, -0.25) is 4.98 Å². The number of amides is 2. The number of carbonyl (C=O) groups is 2. The van der Waals surface area contributed by atoms with Crippen LogP contribution in [0.1, 0.15) is 30.6 Å². The number of pyridine rings is 1. The Balaban J connectivity index is 2.40. The molecule has 21 heavy (non-hydrogen) atoms. The molecule has 0 spiro atoms. The number of anilines is 1. The number of carboxylic acid groups (broad SMARTS) is 1. The monoisotopic (exact) mass is 294 g/mol. The summed E-state index contributed by atoms with van der Waals surface area (Å²) in [4.78, 5) is 28.5. The number of nitrogens with zero attached hydrogens (tertiary/aromatic N) is 2. The predicted molar refractivity (Wildman–Crippen MR) is 80.6 cm³/mol. The summed E-state index contributed by atoms with van der Waals surface area (Å²) in [6, 6.07) is 0.997. The Morgan fingerprint density at radius 1 is 1.29 bits per heavy atom. The van der Waals surface area contributed by atoms with E-state index in [0.717, 1.165) is 26.1 Å². The smallest absolute Gasteiger partial charge is 0.337 e. The van der Waals surface area contributed by atoms with Crippen molar-refractivity contribution in [1.82, 2.24) is 15.2 Å². The Morgan fingerprint density at radius 2 is 2.05 bits per heavy atom. The molecule has 0 saturated heterocycles. The summed E-state index contributed by atoms with van der Waals surface area (Å²) >= 11 is 0. The molecule has 2 amide bonds. The molecule has 0 unspecified atom stereocenters. The highest BCUT2D eigenvalue weighted by Gasteiger charge is 2.07. The van der Waals surface area contributed by atoms with E-state index in [4.69, 9.17) is 5.11 Å². The van der Waals surface area contributed by atoms with E-state index in [0.29, 0.717) is 12.2 Å². The molecule has 7 heteroatoms. The number of carboxylic acids is 1. The zero-order valence-corrected chi connectivity index (χ0v) is 12.4. The highest BCUT2D eigenvalue weighted by Crippen LogP contribution is 2.07. The predicted octanol–water partition coefficient (Wildman–Crippen LogP) is 1.63. The molecular formula is C14H22N4O3. The maximum absolute atomic E-state index is 11.7. The van der Waals surface area contributed by atoms with Crippen LogP contribution in [0.2, 0.25) is 0 Å². The summed E-state index contributed by atoms with van der Waals surface area (Å²) in [5.41, 5.74) is 0.390. The molecule has 0 aliphatic carbocycles. The van der Waals surface area contributed by atoms with Crippen LogP contribution >= 0.6 is 0 Å². The van der Waals surface area contributed by atoms with Gasteiger partial charge in [0.25, 0.3) is 0 Å². The van der Waals surface area contributed by atoms with E-state index < -0.39 is 5.97 Å². The lowest BCUT2D eigenvalue weighted by molar-refractivity contribution is 0.0696. The van der Waals surface area contributed by atoms with Crippen molar-refractivity contribution in [3.05, 3.63) is 24.0 Å². The number of likely N-dealkylation sites (N-methyl/N-ethyl adjacent to an activating group) is 1. The number of aromatic nitrogens is 1. The van der Waals surface area contributed by atoms with Crippen LogP contribution in [0.4, 0.5) is 10.5 Å². The molecule has 0 aromatic carbocycles. The third-order valence-corrected chi connectivity index (χ3v) is 2.94. The molecule has 0 bridgehead atoms. The van der Waals surface area contributed by atoms with Gasteiger partial charge in [0, 0.05) is 19.3 Å². The Labute approximate surface area is 124 Å². The van der Waals surface area contributed by atoms with E-state index >= 15 is 0 Å². The maximum Gasteiger partial charge on any atom is 0.337 e. The van der Waals surface area contributed by atoms with Crippen LogP contribution in [-0.2, 0) is 0 Å². The standard InChI is InChI=1S/C14H22N4O3/c1-3-6-18(4-2)7-5-16-14(21)17-12-8-11(13(19)20)9-15-10-12/h8-10H,3-7H2,1-2H3,(H,19,20)(H2,16,17,21). The number of carbonyl (C=O) groups excluding carboxylic acids is 1. The topological polar surface area (TPSA) is 94.6 Å². The van der Waals surface area contributed by atoms with Crippen LogP contribution < -0.4 is 10.6 Å². The van der Waals surface area contributed by atoms with Gasteiger partial charge in [-0.15, -0.1) is 0 Å². The largest absolute Gasteiger partial charge is 0.478 e. The van der Waals surface area contributed by atoms with E-state index in [1.54, 1.807) is 0 Å². The Bertz CT molecular complexity index is 479. The van der Waals surface area contributed by atoms with Gasteiger partial charge < -0.3 is 20.6 Å². The minimum atomic E-state index is -1.08. The number of nitrogens with one attached hydrogen (secondary N) is 2. The van der Waals surface area contributed by atoms with Gasteiger partial charge in [0.2, 0.25) is 0 Å². The molecule has 1 aromatic heterocycles. The molecule has 7 nitrogen and oxygen atoms in total. The first-order valence-electron chi connectivity index (χ1n) is 7.02. The zero-order valence-electron chi connectivity index (χ0n) is 12.4. The number of rotatable bonds is 8. The van der Waals surface area contributed by atoms with Crippen LogP contribution in [0, 0.1) is 0 Å². The van der Waals surface area contributed by atoms with Gasteiger partial charge in [-0.05, 0) is 25.6 Å². The summed E-state index contributed by atoms with van der Waals surface area (Å²) < 4.78 is 0. The van der Waals surface area contributed by atoms with Crippen LogP contribution in [0.3, 0.4) is 0 Å². The van der Waals surface area contributed by atoms with Crippen molar-refractivity contribution in [3.63, 3.8) is 0 Å². The van der Waals surface area contributed by atoms with Crippen molar-refractivity contribution in [2.75, 3.05) is 31.5 Å². The van der Waals surface area contributed by atoms with Crippen LogP contribution in [0.15, 0.2) is 18.5 Å². The molecule has 0 aliphatic heterocycles. The first-order valence-corrected chi connectivity index (χ1v) is 7.02. The maximum atomic E-state index is 11.7. The SMILES string of the molecule is CCCN(CC)CCNC(=O)Nc1cncc(C(=O)O)c1. The van der Waals surface area contributed by atoms with Gasteiger partial charge in [-0.25, -0.2) is 9.59 Å². The van der Waals surface area contributed by atoms with Gasteiger partial charge in [0.05, 0.1) is 17.4 Å². The number of aromatic carboxylic acids is 1. The Morgan fingerprint density at radius 3 is 2.67 bits per heavy atom. The van der Waals surface area contributed by atoms with Gasteiger partial charge >= 0.3 is 12.0 Å². The lowest BCUT2D eigenvalue weighted by Gasteiger charge is -2.19. The molecule has 0 aliphatic rings. The average molecular weight is 294 g/mol. The minimum absolute atomic E-state index is 0.0351. The normalized spacial score (nSPS) is 10.4. The lowest BCUT2D eigenvalue weighted by atomic mass is 10.3. The fraction of sp³-hybridized carbons (Fsp3) is 0.500. The zero-order chi connectivity index (χ0) is 15.7. The molecule has 116 valence electrons. The first-order chi connectivity index (χ1) is 10.1. The van der Waals surface area contributed by atoms with Crippen molar-refractivity contribution in [3.8, 4) is 0 Å². The molecule has 0 fully saturated rings. The number of hydrogen-bond donors (Lipinski definition) is 3. The fourth-order valence-corrected chi connectivity index (χ4v) is 1.87. The molecule has 3 N–H and O–H groups in total. The van der Waals surface area contributed by atoms with Gasteiger partial charge in [-0.2, -0.15) is 0 Å². The lowest BCUT2D eigenvalue weighted by Crippen LogP contribution is -2.37. The van der Waals surface area contributed by atoms with Crippen LogP contribution in [-0.4, -0.2) is 53.2 Å². The molecule has 1 rings (SSSR count). The molecule has 0 radical (unpaired) electrons. The van der Waals surface area contributed by atoms with Crippen molar-refractivity contribution in [2.45, 2.75) is 20.3 Å². The average Bonchev–Trinajstić information content (AvgIpc) is 2.46. The van der Waals surface area contributed by atoms with E-state index in [1.165, 1.54) is 18.5 Å². The third-order valence-electron chi connectivity index (χ3n) is 2.94. The van der Waals surface area contributed by atoms with E-state index in [1.807, 2.05) is 0 Å². The van der Waals surface area contributed by atoms with Crippen molar-refractivity contribution >= 4 is 17.7 Å². The highest BCUT2D eigenvalue weighted by atomic mass is 16.4. The molecule has 0 atom stereocenters.